The van der Waals surface area contributed by atoms with Crippen molar-refractivity contribution in [1.29, 1.82) is 0 Å². The topological polar surface area (TPSA) is 121 Å². The van der Waals surface area contributed by atoms with E-state index < -0.39 is 21.7 Å². The molecule has 2 bridgehead atoms. The van der Waals surface area contributed by atoms with E-state index in [1.165, 1.54) is 18.2 Å². The zero-order chi connectivity index (χ0) is 37.6. The number of carbonyl (C=O) groups excluding carboxylic acids is 2. The van der Waals surface area contributed by atoms with Gasteiger partial charge in [-0.05, 0) is 97.7 Å². The predicted octanol–water partition coefficient (Wildman–Crippen LogP) is 6.74. The van der Waals surface area contributed by atoms with Crippen LogP contribution in [-0.2, 0) is 44.4 Å². The van der Waals surface area contributed by atoms with Crippen molar-refractivity contribution in [3.8, 4) is 11.5 Å². The van der Waals surface area contributed by atoms with Crippen LogP contribution in [0.3, 0.4) is 0 Å². The van der Waals surface area contributed by atoms with E-state index in [1.807, 2.05) is 29.7 Å². The first-order valence-corrected chi connectivity index (χ1v) is 21.1. The molecule has 8 rings (SSSR count). The monoisotopic (exact) mass is 776 g/mol. The number of benzene rings is 2. The Morgan fingerprint density at radius 1 is 1.17 bits per heavy atom. The van der Waals surface area contributed by atoms with Gasteiger partial charge in [0.15, 0.2) is 5.75 Å². The number of amides is 2. The normalized spacial score (nSPS) is 30.0. The lowest BCUT2D eigenvalue weighted by molar-refractivity contribution is 0.0131. The minimum Gasteiger partial charge on any atom is -0.494 e. The van der Waals surface area contributed by atoms with E-state index in [1.54, 1.807) is 19.4 Å². The highest BCUT2D eigenvalue weighted by Crippen LogP contribution is 2.47. The molecule has 0 saturated heterocycles. The van der Waals surface area contributed by atoms with Gasteiger partial charge in [-0.25, -0.2) is 4.21 Å². The summed E-state index contributed by atoms with van der Waals surface area (Å²) in [5, 5.41) is 0.736. The number of carbonyl (C=O) groups is 2. The summed E-state index contributed by atoms with van der Waals surface area (Å²) in [5.41, 5.74) is 4.30. The van der Waals surface area contributed by atoms with Gasteiger partial charge in [0.2, 0.25) is 0 Å². The second kappa shape index (κ2) is 15.0. The van der Waals surface area contributed by atoms with E-state index in [4.69, 9.17) is 30.5 Å². The summed E-state index contributed by atoms with van der Waals surface area (Å²) in [6.07, 6.45) is 11.5. The Bertz CT molecular complexity index is 2110. The van der Waals surface area contributed by atoms with Gasteiger partial charge in [0, 0.05) is 48.9 Å². The highest BCUT2D eigenvalue weighted by molar-refractivity contribution is 7.92. The first-order valence-electron chi connectivity index (χ1n) is 19.0. The Morgan fingerprint density at radius 3 is 2.83 bits per heavy atom. The molecule has 54 heavy (non-hydrogen) atoms. The zero-order valence-electron chi connectivity index (χ0n) is 31.2. The molecule has 2 aliphatic carbocycles. The molecule has 288 valence electrons. The van der Waals surface area contributed by atoms with Crippen LogP contribution in [0, 0.1) is 17.8 Å². The lowest BCUT2D eigenvalue weighted by Crippen LogP contribution is -2.49. The van der Waals surface area contributed by atoms with Crippen molar-refractivity contribution in [3.63, 3.8) is 0 Å². The molecule has 3 aromatic rings. The van der Waals surface area contributed by atoms with Gasteiger partial charge in [-0.15, -0.1) is 4.36 Å². The molecule has 1 fully saturated rings. The van der Waals surface area contributed by atoms with E-state index >= 15 is 0 Å². The van der Waals surface area contributed by atoms with Gasteiger partial charge in [0.05, 0.1) is 50.2 Å². The molecule has 1 saturated carbocycles. The van der Waals surface area contributed by atoms with Crippen LogP contribution >= 0.6 is 11.6 Å². The van der Waals surface area contributed by atoms with Crippen LogP contribution in [0.1, 0.15) is 76.6 Å². The molecule has 0 radical (unpaired) electrons. The van der Waals surface area contributed by atoms with Crippen molar-refractivity contribution in [2.24, 2.45) is 22.1 Å². The maximum absolute atomic E-state index is 14.8. The zero-order valence-corrected chi connectivity index (χ0v) is 32.8. The van der Waals surface area contributed by atoms with Gasteiger partial charge in [-0.1, -0.05) is 36.7 Å². The Balaban J connectivity index is 1.19. The number of nitrogens with zero attached hydrogens (tertiary/aromatic N) is 3. The Morgan fingerprint density at radius 2 is 2.04 bits per heavy atom. The average molecular weight is 777 g/mol. The maximum atomic E-state index is 14.8. The molecule has 3 aliphatic heterocycles. The van der Waals surface area contributed by atoms with E-state index in [2.05, 4.69) is 38.3 Å². The number of hydrogen-bond donors (Lipinski definition) is 1. The number of halogens is 1. The van der Waals surface area contributed by atoms with Crippen LogP contribution in [0.4, 0.5) is 5.69 Å². The first kappa shape index (κ1) is 37.1. The molecule has 5 aliphatic rings. The molecule has 1 N–H and O–H groups in total. The first-order chi connectivity index (χ1) is 26.1. The Kier molecular flexibility index (Phi) is 10.3. The second-order valence-corrected chi connectivity index (χ2v) is 18.1. The summed E-state index contributed by atoms with van der Waals surface area (Å²) >= 11 is 6.47. The third-order valence-electron chi connectivity index (χ3n) is 12.1. The summed E-state index contributed by atoms with van der Waals surface area (Å²) in [6.45, 7) is 5.29. The molecule has 4 heterocycles. The fourth-order valence-corrected chi connectivity index (χ4v) is 11.3. The number of rotatable bonds is 4. The number of ether oxygens (including phenoxy) is 4. The quantitative estimate of drug-likeness (QED) is 0.290. The third kappa shape index (κ3) is 7.06. The molecule has 13 heteroatoms. The number of allylic oxidation sites excluding steroid dienone is 1. The van der Waals surface area contributed by atoms with E-state index in [9.17, 15) is 13.8 Å². The van der Waals surface area contributed by atoms with Crippen molar-refractivity contribution in [2.45, 2.75) is 70.1 Å². The molecule has 2 amide bonds. The number of aromatic nitrogens is 1. The van der Waals surface area contributed by atoms with E-state index in [0.717, 1.165) is 55.1 Å². The second-order valence-electron chi connectivity index (χ2n) is 15.7. The van der Waals surface area contributed by atoms with Crippen LogP contribution in [0.25, 0.3) is 0 Å². The van der Waals surface area contributed by atoms with Crippen LogP contribution < -0.4 is 19.1 Å². The number of methoxy groups -OCH3 is 2. The summed E-state index contributed by atoms with van der Waals surface area (Å²) < 4.78 is 47.7. The minimum atomic E-state index is -3.61. The number of anilines is 1. The van der Waals surface area contributed by atoms with Gasteiger partial charge in [-0.3, -0.25) is 14.3 Å². The fourth-order valence-electron chi connectivity index (χ4n) is 9.21. The number of aryl methyl sites for hydroxylation is 1. The molecule has 2 aromatic carbocycles. The lowest BCUT2D eigenvalue weighted by Gasteiger charge is -2.46. The molecular weight excluding hydrogens is 728 g/mol. The van der Waals surface area contributed by atoms with E-state index in [0.29, 0.717) is 62.7 Å². The van der Waals surface area contributed by atoms with Crippen LogP contribution in [0.2, 0.25) is 5.02 Å². The number of hydrogen-bond acceptors (Lipinski definition) is 8. The van der Waals surface area contributed by atoms with E-state index in [-0.39, 0.29) is 34.3 Å². The van der Waals surface area contributed by atoms with Gasteiger partial charge < -0.3 is 28.4 Å². The SMILES string of the molecule is COc1c(C(=O)NS2(=O)=NC(=O)c3ccc4c(c3)N(C[C@@H]3CC[C@H]3[C@@H](OC)/C=C/C[C@H](C)C2)C[C@@]2(CCCc3cc(Cl)ccc32)CO4)cn2c1COCC2. The van der Waals surface area contributed by atoms with Crippen LogP contribution in [0.15, 0.2) is 59.1 Å². The van der Waals surface area contributed by atoms with Crippen molar-refractivity contribution < 1.29 is 32.7 Å². The van der Waals surface area contributed by atoms with Crippen molar-refractivity contribution in [2.75, 3.05) is 51.2 Å². The largest absolute Gasteiger partial charge is 0.494 e. The summed E-state index contributed by atoms with van der Waals surface area (Å²) in [7, 11) is -0.353. The standard InChI is InChI=1S/C41H49ClN4O7S/c1-26-6-4-8-36(50-2)31-12-9-29(31)20-46-24-41(15-5-7-27-18-30(42)11-13-33(27)41)25-53-37-14-10-28(19-34(37)46)39(47)43-54(49,23-26)44-40(48)32-21-45-16-17-52-22-35(45)38(32)51-3/h4,8,10-11,13-14,18-19,21,26,29,31,36H,5-7,9,12,15-17,20,22-25H2,1-3H3,(H,43,44,47,48,49)/b8-4+/t26-,29-,31+,36-,41-,54?/m0/s1. The highest BCUT2D eigenvalue weighted by Gasteiger charge is 2.44. The average Bonchev–Trinajstić information content (AvgIpc) is 3.45. The molecule has 6 atom stereocenters. The minimum absolute atomic E-state index is 0.0242. The number of fused-ring (bicyclic) bond motifs is 5. The molecular formula is C41H49ClN4O7S. The Labute approximate surface area is 322 Å². The fraction of sp³-hybridized carbons (Fsp3) is 0.512. The highest BCUT2D eigenvalue weighted by atomic mass is 35.5. The molecule has 1 aromatic heterocycles. The summed E-state index contributed by atoms with van der Waals surface area (Å²) in [5.74, 6) is 0.278. The predicted molar refractivity (Wildman–Crippen MR) is 208 cm³/mol. The van der Waals surface area contributed by atoms with Crippen LogP contribution in [0.5, 0.6) is 11.5 Å². The summed E-state index contributed by atoms with van der Waals surface area (Å²) in [4.78, 5) is 30.4. The molecule has 11 nitrogen and oxygen atoms in total. The lowest BCUT2D eigenvalue weighted by atomic mass is 9.68. The third-order valence-corrected chi connectivity index (χ3v) is 14.3. The maximum Gasteiger partial charge on any atom is 0.286 e. The van der Waals surface area contributed by atoms with Gasteiger partial charge in [0.25, 0.3) is 11.8 Å². The van der Waals surface area contributed by atoms with Gasteiger partial charge in [-0.2, -0.15) is 0 Å². The van der Waals surface area contributed by atoms with Crippen molar-refractivity contribution >= 4 is 39.0 Å². The smallest absolute Gasteiger partial charge is 0.286 e. The van der Waals surface area contributed by atoms with Crippen LogP contribution in [-0.4, -0.2) is 73.0 Å². The van der Waals surface area contributed by atoms with Crippen molar-refractivity contribution in [1.82, 2.24) is 9.29 Å². The molecule has 1 spiro atoms. The van der Waals surface area contributed by atoms with Gasteiger partial charge in [0.1, 0.15) is 21.2 Å². The summed E-state index contributed by atoms with van der Waals surface area (Å²) in [6, 6.07) is 11.6. The number of nitrogens with one attached hydrogen (secondary N) is 1. The molecule has 1 unspecified atom stereocenters. The van der Waals surface area contributed by atoms with Crippen molar-refractivity contribution in [3.05, 3.63) is 87.7 Å². The van der Waals surface area contributed by atoms with Gasteiger partial charge >= 0.3 is 0 Å². The Hall–Kier alpha value is -3.84.